The predicted molar refractivity (Wildman–Crippen MR) is 224 cm³/mol. The number of hydrogen-bond donors (Lipinski definition) is 16. The highest BCUT2D eigenvalue weighted by Gasteiger charge is 2.60. The van der Waals surface area contributed by atoms with Crippen molar-refractivity contribution in [2.24, 2.45) is 0 Å². The molecule has 0 aliphatic carbocycles. The number of hydrogen-bond acceptors (Lipinski definition) is 32. The number of aliphatic carboxylic acids is 2. The quantitative estimate of drug-likeness (QED) is 0.0288. The first-order valence-electron chi connectivity index (χ1n) is 20.4. The lowest BCUT2D eigenvalue weighted by Gasteiger charge is -2.50. The molecule has 4 aliphatic rings. The Labute approximate surface area is 427 Å². The molecule has 1 amide bonds. The number of amides is 1. The molecule has 4 saturated heterocycles. The van der Waals surface area contributed by atoms with Crippen molar-refractivity contribution in [3.8, 4) is 0 Å². The van der Waals surface area contributed by atoms with Crippen LogP contribution in [0.15, 0.2) is 0 Å². The fourth-order valence-electron chi connectivity index (χ4n) is 7.05. The molecule has 4 rings (SSSR count). The maximum absolute atomic E-state index is 12.7. The number of rotatable bonds is 21. The Balaban J connectivity index is 0.00000239. The first-order valence-corrected chi connectivity index (χ1v) is 27.3. The van der Waals surface area contributed by atoms with E-state index in [-0.39, 0.29) is 0 Å². The highest BCUT2D eigenvalue weighted by molar-refractivity contribution is 7.83. The summed E-state index contributed by atoms with van der Waals surface area (Å²) < 4.78 is 222. The van der Waals surface area contributed by atoms with Crippen molar-refractivity contribution in [3.63, 3.8) is 0 Å². The average Bonchev–Trinajstić information content (AvgIpc) is 3.23. The van der Waals surface area contributed by atoms with Crippen molar-refractivity contribution in [1.82, 2.24) is 10.0 Å². The summed E-state index contributed by atoms with van der Waals surface area (Å²) in [5.74, 6) is -5.49. The van der Waals surface area contributed by atoms with Crippen molar-refractivity contribution < 1.29 is 180 Å². The van der Waals surface area contributed by atoms with Gasteiger partial charge < -0.3 is 79.3 Å². The van der Waals surface area contributed by atoms with Gasteiger partial charge in [-0.2, -0.15) is 46.8 Å². The fourth-order valence-corrected chi connectivity index (χ4v) is 9.43. The third-order valence-electron chi connectivity index (χ3n) is 9.95. The van der Waals surface area contributed by atoms with Gasteiger partial charge in [0.05, 0.1) is 18.8 Å². The molecule has 46 heteroatoms. The van der Waals surface area contributed by atoms with E-state index in [0.717, 1.165) is 6.92 Å². The van der Waals surface area contributed by atoms with Crippen LogP contribution in [-0.2, 0) is 121 Å². The van der Waals surface area contributed by atoms with Crippen LogP contribution < -0.4 is 10.0 Å². The molecule has 41 nitrogen and oxygen atoms in total. The molecule has 0 saturated carbocycles. The second-order valence-electron chi connectivity index (χ2n) is 16.8. The normalized spacial score (nSPS) is 37.1. The van der Waals surface area contributed by atoms with Crippen molar-refractivity contribution in [1.29, 1.82) is 0 Å². The van der Waals surface area contributed by atoms with Crippen molar-refractivity contribution >= 4 is 69.7 Å². The van der Waals surface area contributed by atoms with E-state index in [4.69, 9.17) is 43.0 Å². The summed E-state index contributed by atoms with van der Waals surface area (Å²) in [6, 6.07) is -4.96. The van der Waals surface area contributed by atoms with E-state index in [9.17, 15) is 116 Å². The summed E-state index contributed by atoms with van der Waals surface area (Å²) in [5.41, 5.74) is -0.403. The highest BCUT2D eigenvalue weighted by Crippen LogP contribution is 2.37. The maximum atomic E-state index is 12.7. The minimum Gasteiger partial charge on any atom is -0.479 e. The number of aliphatic hydroxyl groups is 6. The molecule has 4 heterocycles. The van der Waals surface area contributed by atoms with Gasteiger partial charge in [-0.05, 0) is 20.8 Å². The van der Waals surface area contributed by atoms with E-state index in [1.807, 2.05) is 5.32 Å². The Hall–Kier alpha value is -2.84. The Bertz CT molecular complexity index is 2560. The van der Waals surface area contributed by atoms with Crippen LogP contribution >= 0.6 is 0 Å². The molecule has 20 atom stereocenters. The number of carbonyl (C=O) groups excluding carboxylic acids is 1. The van der Waals surface area contributed by atoms with Gasteiger partial charge in [0.15, 0.2) is 49.6 Å². The smallest absolute Gasteiger partial charge is 0.397 e. The Morgan fingerprint density at radius 1 is 0.539 bits per heavy atom. The lowest BCUT2D eigenvalue weighted by atomic mass is 9.94. The summed E-state index contributed by atoms with van der Waals surface area (Å²) in [5, 5.41) is 93.9. The first-order chi connectivity index (χ1) is 34.4. The molecule has 4 fully saturated rings. The Kier molecular flexibility index (Phi) is 23.2. The van der Waals surface area contributed by atoms with Crippen LogP contribution in [0, 0.1) is 0 Å². The molecule has 4 aliphatic heterocycles. The van der Waals surface area contributed by atoms with Crippen LogP contribution in [0.25, 0.3) is 0 Å². The zero-order valence-electron chi connectivity index (χ0n) is 38.5. The van der Waals surface area contributed by atoms with E-state index in [0.29, 0.717) is 0 Å². The largest absolute Gasteiger partial charge is 0.479 e. The number of carboxylic acid groups (broad SMARTS) is 2. The molecule has 0 bridgehead atoms. The van der Waals surface area contributed by atoms with Crippen LogP contribution in [0.2, 0.25) is 0 Å². The topological polar surface area (TPSA) is 640 Å². The summed E-state index contributed by atoms with van der Waals surface area (Å²) >= 11 is 0. The van der Waals surface area contributed by atoms with Gasteiger partial charge in [-0.1, -0.05) is 0 Å². The van der Waals surface area contributed by atoms with Crippen LogP contribution in [-0.4, -0.2) is 270 Å². The number of nitrogens with one attached hydrogen (secondary N) is 2. The third-order valence-corrected chi connectivity index (χ3v) is 12.4. The zero-order valence-corrected chi connectivity index (χ0v) is 42.6. The van der Waals surface area contributed by atoms with Gasteiger partial charge in [-0.3, -0.25) is 32.8 Å². The molecule has 76 heavy (non-hydrogen) atoms. The van der Waals surface area contributed by atoms with Crippen molar-refractivity contribution in [3.05, 3.63) is 0 Å². The third kappa shape index (κ3) is 20.1. The van der Waals surface area contributed by atoms with E-state index >= 15 is 0 Å². The van der Waals surface area contributed by atoms with Gasteiger partial charge >= 0.3 is 63.8 Å². The standard InChI is InChI=1S/C26H42N2O37S5.C4H10O2/c1-4(30)27-7-9(31)13(6(56-23(7)39)3-55-67(43,44)45)58-26-19(65-70(52,53)54)12(34)16(20(62-26)22(37)38)60-24-8(28-66(40,41)42)15(63-68(46,47)48)14(5(2-29)57-24)59-25-18(64-69(49,50)51)11(33)10(32)17(61-25)21(35)36;1-4(2,3)6-5/h5-20,23-26,28-29,31-34,39H,2-3H2,1H3,(H,27,30)(H,35,36)(H,37,38)(H,40,41,42)(H,43,44,45)(H,46,47,48)(H,49,50,51)(H,52,53,54);5H,1-3H3/t5-,6+,7-,8-,9-,10-,11-,12+,13-,14-,15-,16+,17-,18+,19-,20+,23-,24+,25+,26-;/m1./s1. The van der Waals surface area contributed by atoms with Gasteiger partial charge in [0, 0.05) is 6.92 Å². The average molecular weight is 1230 g/mol. The minimum atomic E-state index is -6.09. The van der Waals surface area contributed by atoms with Crippen LogP contribution in [0.5, 0.6) is 0 Å². The second-order valence-corrected chi connectivity index (χ2v) is 22.2. The van der Waals surface area contributed by atoms with E-state index in [1.165, 1.54) is 4.72 Å². The van der Waals surface area contributed by atoms with Gasteiger partial charge in [-0.15, -0.1) is 0 Å². The molecule has 446 valence electrons. The monoisotopic (exact) mass is 1220 g/mol. The van der Waals surface area contributed by atoms with E-state index < -0.39 is 211 Å². The minimum absolute atomic E-state index is 0.403. The molecule has 0 aromatic carbocycles. The molecule has 0 unspecified atom stereocenters. The molecule has 0 aromatic heterocycles. The summed E-state index contributed by atoms with van der Waals surface area (Å²) in [7, 11) is -29.1. The number of carbonyl (C=O) groups is 3. The van der Waals surface area contributed by atoms with E-state index in [1.54, 1.807) is 20.8 Å². The summed E-state index contributed by atoms with van der Waals surface area (Å²) in [4.78, 5) is 40.3. The van der Waals surface area contributed by atoms with Gasteiger partial charge in [0.25, 0.3) is 0 Å². The van der Waals surface area contributed by atoms with Crippen molar-refractivity contribution in [2.75, 3.05) is 13.2 Å². The van der Waals surface area contributed by atoms with Gasteiger partial charge in [0.1, 0.15) is 73.1 Å². The van der Waals surface area contributed by atoms with Gasteiger partial charge in [-0.25, -0.2) is 31.2 Å². The number of aliphatic hydroxyl groups excluding tert-OH is 6. The first kappa shape index (κ1) is 67.4. The molecule has 0 radical (unpaired) electrons. The van der Waals surface area contributed by atoms with Crippen LogP contribution in [0.3, 0.4) is 0 Å². The molecular formula is C30H52N2O39S5. The Morgan fingerprint density at radius 2 is 0.987 bits per heavy atom. The maximum Gasteiger partial charge on any atom is 0.397 e. The SMILES string of the molecule is CC(=O)N[C@@H]1[C@@H](O)[C@H](O[C@@H]2O[C@H](C(=O)O)[C@@H](O[C@@H]3O[C@H](CO)[C@@H](O[C@H]4O[C@@H](C(=O)O)[C@H](O)[C@@H](O)[C@@H]4OS(=O)(=O)O)[C@H](OS(=O)(=O)O)[C@H]3NS(=O)(=O)O)[C@H](O)[C@H]2OS(=O)(=O)O)[C@H](COS(=O)(=O)O)O[C@H]1O.CC(C)(C)OO. The number of carboxylic acids is 2. The molecular weight excluding hydrogens is 1170 g/mol. The molecule has 0 spiro atoms. The van der Waals surface area contributed by atoms with Crippen molar-refractivity contribution in [2.45, 2.75) is 156 Å². The number of ether oxygens (including phenoxy) is 7. The highest BCUT2D eigenvalue weighted by atomic mass is 32.3. The summed E-state index contributed by atoms with van der Waals surface area (Å²) in [6.07, 6.45) is -49.1. The van der Waals surface area contributed by atoms with Crippen LogP contribution in [0.1, 0.15) is 27.7 Å². The second kappa shape index (κ2) is 26.2. The Morgan fingerprint density at radius 3 is 1.41 bits per heavy atom. The molecule has 0 aromatic rings. The lowest BCUT2D eigenvalue weighted by molar-refractivity contribution is -0.366. The van der Waals surface area contributed by atoms with Crippen LogP contribution in [0.4, 0.5) is 0 Å². The molecule has 16 N–H and O–H groups in total. The summed E-state index contributed by atoms with van der Waals surface area (Å²) in [6.45, 7) is 3.07. The predicted octanol–water partition coefficient (Wildman–Crippen LogP) is -9.44. The fraction of sp³-hybridized carbons (Fsp3) is 0.900. The van der Waals surface area contributed by atoms with E-state index in [2.05, 4.69) is 21.6 Å². The lowest BCUT2D eigenvalue weighted by Crippen LogP contribution is -2.71. The van der Waals surface area contributed by atoms with Gasteiger partial charge in [0.2, 0.25) is 5.91 Å². The zero-order chi connectivity index (χ0) is 58.6.